The molecule has 0 bridgehead atoms. The molecule has 0 spiro atoms. The van der Waals surface area contributed by atoms with Crippen LogP contribution in [0.5, 0.6) is 5.75 Å². The first kappa shape index (κ1) is 17.2. The normalized spacial score (nSPS) is 11.2. The fraction of sp³-hybridized carbons (Fsp3) is 0.364. The van der Waals surface area contributed by atoms with Crippen molar-refractivity contribution in [1.82, 2.24) is 5.32 Å². The third kappa shape index (κ3) is 4.93. The Balaban J connectivity index is 2.87. The van der Waals surface area contributed by atoms with Gasteiger partial charge < -0.3 is 10.1 Å². The maximum Gasteiger partial charge on any atom is 0.241 e. The van der Waals surface area contributed by atoms with Crippen molar-refractivity contribution in [2.75, 3.05) is 13.7 Å². The van der Waals surface area contributed by atoms with Crippen molar-refractivity contribution in [2.24, 2.45) is 5.14 Å². The first-order valence-corrected chi connectivity index (χ1v) is 8.32. The molecule has 6 nitrogen and oxygen atoms in total. The number of rotatable bonds is 6. The van der Waals surface area contributed by atoms with Crippen molar-refractivity contribution in [3.05, 3.63) is 21.6 Å². The minimum atomic E-state index is -3.96. The molecule has 0 radical (unpaired) electrons. The Morgan fingerprint density at radius 2 is 2.15 bits per heavy atom. The number of carbonyl (C=O) groups excluding carboxylic acids is 1. The average molecular weight is 386 g/mol. The number of ether oxygens (including phenoxy) is 1. The average Bonchev–Trinajstić information content (AvgIpc) is 2.34. The van der Waals surface area contributed by atoms with Crippen LogP contribution in [0.25, 0.3) is 0 Å². The molecule has 0 aliphatic carbocycles. The van der Waals surface area contributed by atoms with Crippen LogP contribution in [-0.4, -0.2) is 28.0 Å². The van der Waals surface area contributed by atoms with E-state index in [9.17, 15) is 13.2 Å². The van der Waals surface area contributed by atoms with Gasteiger partial charge in [-0.15, -0.1) is 0 Å². The van der Waals surface area contributed by atoms with E-state index in [2.05, 4.69) is 21.2 Å². The fourth-order valence-corrected chi connectivity index (χ4v) is 3.21. The molecular formula is C11H14BrClN2O4S. The SMILES string of the molecule is CNC(=O)CCCOc1c(Cl)cc(Br)cc1S(N)(=O)=O. The van der Waals surface area contributed by atoms with Crippen molar-refractivity contribution >= 4 is 43.5 Å². The quantitative estimate of drug-likeness (QED) is 0.727. The predicted molar refractivity (Wildman–Crippen MR) is 79.3 cm³/mol. The van der Waals surface area contributed by atoms with E-state index in [4.69, 9.17) is 21.5 Å². The molecule has 1 aromatic rings. The summed E-state index contributed by atoms with van der Waals surface area (Å²) < 4.78 is 28.8. The summed E-state index contributed by atoms with van der Waals surface area (Å²) in [7, 11) is -2.42. The van der Waals surface area contributed by atoms with Crippen molar-refractivity contribution in [2.45, 2.75) is 17.7 Å². The summed E-state index contributed by atoms with van der Waals surface area (Å²) in [5, 5.41) is 7.72. The lowest BCUT2D eigenvalue weighted by Crippen LogP contribution is -2.18. The van der Waals surface area contributed by atoms with Gasteiger partial charge in [-0.05, 0) is 18.6 Å². The van der Waals surface area contributed by atoms with E-state index >= 15 is 0 Å². The van der Waals surface area contributed by atoms with Crippen LogP contribution in [0, 0.1) is 0 Å². The maximum atomic E-state index is 11.5. The zero-order valence-electron chi connectivity index (χ0n) is 10.7. The minimum Gasteiger partial charge on any atom is -0.491 e. The van der Waals surface area contributed by atoms with Gasteiger partial charge in [-0.3, -0.25) is 4.79 Å². The molecule has 0 atom stereocenters. The summed E-state index contributed by atoms with van der Waals surface area (Å²) in [6.45, 7) is 0.150. The zero-order chi connectivity index (χ0) is 15.3. The van der Waals surface area contributed by atoms with Gasteiger partial charge in [-0.2, -0.15) is 0 Å². The van der Waals surface area contributed by atoms with Crippen LogP contribution >= 0.6 is 27.5 Å². The van der Waals surface area contributed by atoms with Gasteiger partial charge in [0, 0.05) is 17.9 Å². The van der Waals surface area contributed by atoms with Crippen molar-refractivity contribution < 1.29 is 17.9 Å². The molecule has 0 saturated heterocycles. The molecule has 0 aliphatic heterocycles. The van der Waals surface area contributed by atoms with Crippen molar-refractivity contribution in [1.29, 1.82) is 0 Å². The number of nitrogens with one attached hydrogen (secondary N) is 1. The van der Waals surface area contributed by atoms with E-state index in [1.807, 2.05) is 0 Å². The third-order valence-electron chi connectivity index (χ3n) is 2.35. The molecule has 0 unspecified atom stereocenters. The van der Waals surface area contributed by atoms with E-state index in [1.165, 1.54) is 19.2 Å². The molecule has 20 heavy (non-hydrogen) atoms. The van der Waals surface area contributed by atoms with Gasteiger partial charge in [0.05, 0.1) is 11.6 Å². The van der Waals surface area contributed by atoms with E-state index in [0.29, 0.717) is 10.9 Å². The lowest BCUT2D eigenvalue weighted by Gasteiger charge is -2.12. The lowest BCUT2D eigenvalue weighted by molar-refractivity contribution is -0.120. The van der Waals surface area contributed by atoms with Crippen LogP contribution in [-0.2, 0) is 14.8 Å². The Hall–Kier alpha value is -0.830. The number of sulfonamides is 1. The summed E-state index contributed by atoms with van der Waals surface area (Å²) in [6, 6.07) is 2.82. The van der Waals surface area contributed by atoms with E-state index in [-0.39, 0.29) is 34.6 Å². The molecule has 1 rings (SSSR count). The number of benzene rings is 1. The van der Waals surface area contributed by atoms with Crippen molar-refractivity contribution in [3.63, 3.8) is 0 Å². The Morgan fingerprint density at radius 3 is 2.70 bits per heavy atom. The van der Waals surface area contributed by atoms with Crippen LogP contribution in [0.15, 0.2) is 21.5 Å². The summed E-state index contributed by atoms with van der Waals surface area (Å²) in [6.07, 6.45) is 0.700. The number of halogens is 2. The number of hydrogen-bond donors (Lipinski definition) is 2. The molecule has 1 aromatic carbocycles. The summed E-state index contributed by atoms with van der Waals surface area (Å²) in [5.74, 6) is -0.128. The molecule has 1 amide bonds. The number of nitrogens with two attached hydrogens (primary N) is 1. The van der Waals surface area contributed by atoms with Crippen LogP contribution in [0.1, 0.15) is 12.8 Å². The Labute approximate surface area is 130 Å². The molecule has 0 aliphatic rings. The number of amides is 1. The fourth-order valence-electron chi connectivity index (χ4n) is 1.42. The van der Waals surface area contributed by atoms with Gasteiger partial charge in [0.25, 0.3) is 0 Å². The van der Waals surface area contributed by atoms with Crippen LogP contribution in [0.2, 0.25) is 5.02 Å². The molecule has 0 saturated carbocycles. The molecule has 0 fully saturated rings. The smallest absolute Gasteiger partial charge is 0.241 e. The number of primary sulfonamides is 1. The number of hydrogen-bond acceptors (Lipinski definition) is 4. The molecule has 9 heteroatoms. The van der Waals surface area contributed by atoms with Gasteiger partial charge in [0.2, 0.25) is 15.9 Å². The predicted octanol–water partition coefficient (Wildman–Crippen LogP) is 1.65. The summed E-state index contributed by atoms with van der Waals surface area (Å²) >= 11 is 9.09. The number of carbonyl (C=O) groups is 1. The van der Waals surface area contributed by atoms with Crippen molar-refractivity contribution in [3.8, 4) is 5.75 Å². The third-order valence-corrected chi connectivity index (χ3v) is 4.01. The Kier molecular flexibility index (Phi) is 6.25. The highest BCUT2D eigenvalue weighted by Gasteiger charge is 2.19. The van der Waals surface area contributed by atoms with E-state index < -0.39 is 10.0 Å². The van der Waals surface area contributed by atoms with Gasteiger partial charge >= 0.3 is 0 Å². The zero-order valence-corrected chi connectivity index (χ0v) is 13.8. The summed E-state index contributed by atoms with van der Waals surface area (Å²) in [5.41, 5.74) is 0. The van der Waals surface area contributed by atoms with Crippen LogP contribution in [0.4, 0.5) is 0 Å². The second-order valence-electron chi connectivity index (χ2n) is 3.89. The molecule has 112 valence electrons. The molecule has 0 heterocycles. The molecule has 3 N–H and O–H groups in total. The topological polar surface area (TPSA) is 98.5 Å². The maximum absolute atomic E-state index is 11.5. The first-order chi connectivity index (χ1) is 9.25. The lowest BCUT2D eigenvalue weighted by atomic mass is 10.3. The largest absolute Gasteiger partial charge is 0.491 e. The highest BCUT2D eigenvalue weighted by molar-refractivity contribution is 9.10. The first-order valence-electron chi connectivity index (χ1n) is 5.61. The standard InChI is InChI=1S/C11H14BrClN2O4S/c1-15-10(16)3-2-4-19-11-8(13)5-7(12)6-9(11)20(14,17)18/h5-6H,2-4H2,1H3,(H,15,16)(H2,14,17,18). The van der Waals surface area contributed by atoms with Crippen LogP contribution < -0.4 is 15.2 Å². The van der Waals surface area contributed by atoms with E-state index in [1.54, 1.807) is 0 Å². The minimum absolute atomic E-state index is 0.00530. The Bertz CT molecular complexity index is 607. The second kappa shape index (κ2) is 7.26. The summed E-state index contributed by atoms with van der Waals surface area (Å²) in [4.78, 5) is 10.8. The molecular weight excluding hydrogens is 372 g/mol. The second-order valence-corrected chi connectivity index (χ2v) is 6.74. The van der Waals surface area contributed by atoms with Gasteiger partial charge in [-0.25, -0.2) is 13.6 Å². The van der Waals surface area contributed by atoms with Gasteiger partial charge in [-0.1, -0.05) is 27.5 Å². The van der Waals surface area contributed by atoms with Crippen LogP contribution in [0.3, 0.4) is 0 Å². The van der Waals surface area contributed by atoms with Gasteiger partial charge in [0.1, 0.15) is 4.90 Å². The highest BCUT2D eigenvalue weighted by Crippen LogP contribution is 2.35. The Morgan fingerprint density at radius 1 is 1.50 bits per heavy atom. The van der Waals surface area contributed by atoms with Gasteiger partial charge in [0.15, 0.2) is 5.75 Å². The monoisotopic (exact) mass is 384 g/mol. The highest BCUT2D eigenvalue weighted by atomic mass is 79.9. The van der Waals surface area contributed by atoms with E-state index in [0.717, 1.165) is 0 Å². The molecule has 0 aromatic heterocycles.